The summed E-state index contributed by atoms with van der Waals surface area (Å²) in [7, 11) is 5.60. The molecule has 0 aromatic carbocycles. The minimum Gasteiger partial charge on any atom is -0.346 e. The van der Waals surface area contributed by atoms with E-state index in [0.717, 1.165) is 22.1 Å². The highest BCUT2D eigenvalue weighted by Gasteiger charge is 2.13. The van der Waals surface area contributed by atoms with Gasteiger partial charge in [-0.25, -0.2) is 9.97 Å². The maximum atomic E-state index is 13.6. The van der Waals surface area contributed by atoms with Gasteiger partial charge >= 0.3 is 0 Å². The Kier molecular flexibility index (Phi) is 6.04. The van der Waals surface area contributed by atoms with Gasteiger partial charge in [-0.15, -0.1) is 0 Å². The number of amides is 1. The quantitative estimate of drug-likeness (QED) is 0.371. The Balaban J connectivity index is 1.66. The number of pyridine rings is 3. The maximum Gasteiger partial charge on any atom is 0.250 e. The van der Waals surface area contributed by atoms with Gasteiger partial charge in [0.1, 0.15) is 5.65 Å². The lowest BCUT2D eigenvalue weighted by Gasteiger charge is -2.16. The molecular weight excluding hydrogens is 407 g/mol. The predicted octanol–water partition coefficient (Wildman–Crippen LogP) is 3.91. The van der Waals surface area contributed by atoms with Crippen molar-refractivity contribution in [1.82, 2.24) is 24.8 Å². The molecule has 7 nitrogen and oxygen atoms in total. The first-order valence-corrected chi connectivity index (χ1v) is 10.1. The van der Waals surface area contributed by atoms with Crippen molar-refractivity contribution in [1.29, 1.82) is 0 Å². The summed E-state index contributed by atoms with van der Waals surface area (Å²) in [6.45, 7) is 0.684. The van der Waals surface area contributed by atoms with Crippen LogP contribution in [0.15, 0.2) is 67.4 Å². The van der Waals surface area contributed by atoms with E-state index in [1.807, 2.05) is 37.2 Å². The van der Waals surface area contributed by atoms with Crippen molar-refractivity contribution in [3.8, 4) is 22.3 Å². The van der Waals surface area contributed by atoms with E-state index in [2.05, 4.69) is 19.9 Å². The second-order valence-corrected chi connectivity index (χ2v) is 7.68. The van der Waals surface area contributed by atoms with Gasteiger partial charge in [0.15, 0.2) is 0 Å². The van der Waals surface area contributed by atoms with Gasteiger partial charge in [-0.2, -0.15) is 4.39 Å². The molecule has 0 unspecified atom stereocenters. The summed E-state index contributed by atoms with van der Waals surface area (Å²) < 4.78 is 13.6. The zero-order valence-electron chi connectivity index (χ0n) is 18.1. The molecule has 4 aromatic rings. The van der Waals surface area contributed by atoms with E-state index in [1.54, 1.807) is 48.9 Å². The summed E-state index contributed by atoms with van der Waals surface area (Å²) in [6.07, 6.45) is 11.7. The normalized spacial score (nSPS) is 11.5. The first kappa shape index (κ1) is 21.3. The first-order chi connectivity index (χ1) is 15.4. The molecule has 32 heavy (non-hydrogen) atoms. The van der Waals surface area contributed by atoms with Crippen LogP contribution in [0.25, 0.3) is 33.3 Å². The van der Waals surface area contributed by atoms with Crippen molar-refractivity contribution in [2.45, 2.75) is 0 Å². The molecule has 1 N–H and O–H groups in total. The number of hydrogen-bond donors (Lipinski definition) is 1. The molecule has 1 amide bonds. The molecule has 4 aromatic heterocycles. The zero-order valence-corrected chi connectivity index (χ0v) is 18.1. The van der Waals surface area contributed by atoms with Crippen LogP contribution in [0.3, 0.4) is 0 Å². The SMILES string of the molecule is CN(C)C/C=C/C(=O)N(C)c1cncc(-c2cnc3[nH]cc(-c4ccnc(F)c4)c3c2)c1. The Labute approximate surface area is 185 Å². The lowest BCUT2D eigenvalue weighted by Crippen LogP contribution is -2.24. The average Bonchev–Trinajstić information content (AvgIpc) is 3.21. The molecule has 4 rings (SSSR count). The summed E-state index contributed by atoms with van der Waals surface area (Å²) in [6, 6.07) is 7.02. The highest BCUT2D eigenvalue weighted by Crippen LogP contribution is 2.31. The minimum absolute atomic E-state index is 0.132. The van der Waals surface area contributed by atoms with Crippen LogP contribution in [0, 0.1) is 5.95 Å². The second-order valence-electron chi connectivity index (χ2n) is 7.68. The van der Waals surface area contributed by atoms with Crippen molar-refractivity contribution in [3.63, 3.8) is 0 Å². The number of hydrogen-bond acceptors (Lipinski definition) is 5. The summed E-state index contributed by atoms with van der Waals surface area (Å²) in [4.78, 5) is 31.6. The van der Waals surface area contributed by atoms with E-state index in [1.165, 1.54) is 12.3 Å². The molecule has 4 heterocycles. The maximum absolute atomic E-state index is 13.6. The van der Waals surface area contributed by atoms with E-state index in [9.17, 15) is 9.18 Å². The second kappa shape index (κ2) is 9.07. The van der Waals surface area contributed by atoms with Gasteiger partial charge in [-0.3, -0.25) is 9.78 Å². The van der Waals surface area contributed by atoms with Crippen molar-refractivity contribution >= 4 is 22.6 Å². The predicted molar refractivity (Wildman–Crippen MR) is 124 cm³/mol. The summed E-state index contributed by atoms with van der Waals surface area (Å²) in [5.41, 5.74) is 4.58. The molecular formula is C24H23FN6O. The summed E-state index contributed by atoms with van der Waals surface area (Å²) in [5, 5.41) is 0.856. The number of aromatic nitrogens is 4. The van der Waals surface area contributed by atoms with Crippen molar-refractivity contribution in [2.75, 3.05) is 32.6 Å². The number of likely N-dealkylation sites (N-methyl/N-ethyl adjacent to an activating group) is 2. The van der Waals surface area contributed by atoms with E-state index in [4.69, 9.17) is 0 Å². The van der Waals surface area contributed by atoms with Gasteiger partial charge in [0.2, 0.25) is 11.9 Å². The van der Waals surface area contributed by atoms with Crippen molar-refractivity contribution in [3.05, 3.63) is 73.3 Å². The molecule has 0 atom stereocenters. The monoisotopic (exact) mass is 430 g/mol. The van der Waals surface area contributed by atoms with E-state index >= 15 is 0 Å². The van der Waals surface area contributed by atoms with Gasteiger partial charge in [0, 0.05) is 72.6 Å². The standard InChI is InChI=1S/C24H23FN6O/c1-30(2)8-4-5-23(32)31(3)19-9-17(12-26-14-19)18-10-20-21(15-29-24(20)28-13-18)16-6-7-27-22(25)11-16/h4-7,9-15H,8H2,1-3H3,(H,28,29)/b5-4+. The number of anilines is 1. The number of carbonyl (C=O) groups excluding carboxylic acids is 1. The smallest absolute Gasteiger partial charge is 0.250 e. The van der Waals surface area contributed by atoms with Crippen LogP contribution < -0.4 is 4.90 Å². The van der Waals surface area contributed by atoms with Crippen LogP contribution in [0.5, 0.6) is 0 Å². The van der Waals surface area contributed by atoms with Gasteiger partial charge in [0.05, 0.1) is 11.9 Å². The number of halogens is 1. The molecule has 0 saturated heterocycles. The number of nitrogens with zero attached hydrogens (tertiary/aromatic N) is 5. The van der Waals surface area contributed by atoms with E-state index in [0.29, 0.717) is 23.4 Å². The number of aromatic amines is 1. The molecule has 0 spiro atoms. The van der Waals surface area contributed by atoms with E-state index < -0.39 is 5.95 Å². The van der Waals surface area contributed by atoms with Crippen LogP contribution in [0.1, 0.15) is 0 Å². The Morgan fingerprint density at radius 2 is 1.88 bits per heavy atom. The topological polar surface area (TPSA) is 78.0 Å². The minimum atomic E-state index is -0.537. The van der Waals surface area contributed by atoms with Crippen molar-refractivity contribution < 1.29 is 9.18 Å². The molecule has 0 radical (unpaired) electrons. The highest BCUT2D eigenvalue weighted by molar-refractivity contribution is 6.01. The number of nitrogens with one attached hydrogen (secondary N) is 1. The lowest BCUT2D eigenvalue weighted by molar-refractivity contribution is -0.113. The number of carbonyl (C=O) groups is 1. The fourth-order valence-electron chi connectivity index (χ4n) is 3.34. The largest absolute Gasteiger partial charge is 0.346 e. The number of rotatable bonds is 6. The van der Waals surface area contributed by atoms with Crippen molar-refractivity contribution in [2.24, 2.45) is 0 Å². The third-order valence-corrected chi connectivity index (χ3v) is 5.07. The number of fused-ring (bicyclic) bond motifs is 1. The van der Waals surface area contributed by atoms with Crippen LogP contribution in [-0.4, -0.2) is 58.4 Å². The fourth-order valence-corrected chi connectivity index (χ4v) is 3.34. The van der Waals surface area contributed by atoms with Crippen LogP contribution in [0.4, 0.5) is 10.1 Å². The Morgan fingerprint density at radius 1 is 1.06 bits per heavy atom. The summed E-state index contributed by atoms with van der Waals surface area (Å²) in [5.74, 6) is -0.669. The molecule has 8 heteroatoms. The number of H-pyrrole nitrogens is 1. The molecule has 0 bridgehead atoms. The highest BCUT2D eigenvalue weighted by atomic mass is 19.1. The van der Waals surface area contributed by atoms with Gasteiger partial charge < -0.3 is 14.8 Å². The molecule has 0 aliphatic rings. The van der Waals surface area contributed by atoms with E-state index in [-0.39, 0.29) is 5.91 Å². The molecule has 0 aliphatic carbocycles. The Morgan fingerprint density at radius 3 is 2.66 bits per heavy atom. The first-order valence-electron chi connectivity index (χ1n) is 10.1. The van der Waals surface area contributed by atoms with Gasteiger partial charge in [0.25, 0.3) is 0 Å². The third-order valence-electron chi connectivity index (χ3n) is 5.07. The molecule has 0 fully saturated rings. The van der Waals surface area contributed by atoms with Crippen LogP contribution in [-0.2, 0) is 4.79 Å². The Bertz CT molecular complexity index is 1300. The zero-order chi connectivity index (χ0) is 22.7. The fraction of sp³-hybridized carbons (Fsp3) is 0.167. The Hall–Kier alpha value is -3.91. The van der Waals surface area contributed by atoms with Crippen LogP contribution >= 0.6 is 0 Å². The molecule has 0 saturated carbocycles. The third kappa shape index (κ3) is 4.55. The average molecular weight is 430 g/mol. The van der Waals surface area contributed by atoms with Crippen LogP contribution in [0.2, 0.25) is 0 Å². The van der Waals surface area contributed by atoms with Gasteiger partial charge in [-0.05, 0) is 37.9 Å². The summed E-state index contributed by atoms with van der Waals surface area (Å²) >= 11 is 0. The lowest BCUT2D eigenvalue weighted by atomic mass is 10.0. The molecule has 0 aliphatic heterocycles. The molecule has 162 valence electrons. The van der Waals surface area contributed by atoms with Gasteiger partial charge in [-0.1, -0.05) is 6.08 Å².